The van der Waals surface area contributed by atoms with Gasteiger partial charge in [0.1, 0.15) is 11.2 Å². The average molecular weight is 845 g/mol. The number of furan rings is 1. The van der Waals surface area contributed by atoms with Gasteiger partial charge in [0.05, 0.1) is 11.0 Å². The smallest absolute Gasteiger partial charge is 0.137 e. The second kappa shape index (κ2) is 14.8. The molecule has 0 atom stereocenters. The highest BCUT2D eigenvalue weighted by atomic mass is 16.3. The Morgan fingerprint density at radius 1 is 0.364 bits per heavy atom. The number of fused-ring (bicyclic) bond motifs is 9. The van der Waals surface area contributed by atoms with Gasteiger partial charge in [0.15, 0.2) is 0 Å². The highest BCUT2D eigenvalue weighted by Gasteiger charge is 2.36. The third-order valence-electron chi connectivity index (χ3n) is 14.0. The first-order valence-corrected chi connectivity index (χ1v) is 22.8. The standard InChI is InChI=1S/C63H44N2O/c1-63(2)56-24-12-9-20-51(56)52-34-32-48(39-57(52)63)64(49-33-35-54-53-21-11-14-27-60(53)66-61(54)40-49)47-30-28-42(29-31-47)44-36-43(41-16-5-3-6-17-41)37-45(38-44)50-23-15-26-59-62(50)55-22-10-13-25-58(55)65(59)46-18-7-4-8-19-46/h3-40H,1-2H3. The van der Waals surface area contributed by atoms with Crippen LogP contribution in [0.25, 0.3) is 93.9 Å². The number of para-hydroxylation sites is 3. The lowest BCUT2D eigenvalue weighted by Gasteiger charge is -2.28. The molecule has 12 aromatic rings. The van der Waals surface area contributed by atoms with E-state index >= 15 is 0 Å². The molecule has 3 heteroatoms. The van der Waals surface area contributed by atoms with Crippen LogP contribution in [0, 0.1) is 0 Å². The van der Waals surface area contributed by atoms with E-state index < -0.39 is 0 Å². The van der Waals surface area contributed by atoms with Crippen LogP contribution in [0.1, 0.15) is 25.0 Å². The molecular formula is C63H44N2O. The van der Waals surface area contributed by atoms with E-state index in [4.69, 9.17) is 4.42 Å². The Kier molecular flexibility index (Phi) is 8.56. The second-order valence-electron chi connectivity index (χ2n) is 18.1. The van der Waals surface area contributed by atoms with Gasteiger partial charge >= 0.3 is 0 Å². The van der Waals surface area contributed by atoms with E-state index in [-0.39, 0.29) is 5.41 Å². The van der Waals surface area contributed by atoms with Crippen molar-refractivity contribution in [3.05, 3.63) is 242 Å². The molecule has 0 saturated heterocycles. The molecule has 1 aliphatic rings. The summed E-state index contributed by atoms with van der Waals surface area (Å²) >= 11 is 0. The van der Waals surface area contributed by atoms with Crippen molar-refractivity contribution in [2.45, 2.75) is 19.3 Å². The van der Waals surface area contributed by atoms with Gasteiger partial charge in [0.2, 0.25) is 0 Å². The van der Waals surface area contributed by atoms with Crippen molar-refractivity contribution in [1.82, 2.24) is 4.57 Å². The molecule has 0 bridgehead atoms. The molecule has 3 nitrogen and oxygen atoms in total. The lowest BCUT2D eigenvalue weighted by molar-refractivity contribution is 0.660. The summed E-state index contributed by atoms with van der Waals surface area (Å²) in [6, 6.07) is 84.0. The summed E-state index contributed by atoms with van der Waals surface area (Å²) in [5, 5.41) is 4.73. The Balaban J connectivity index is 0.968. The summed E-state index contributed by atoms with van der Waals surface area (Å²) < 4.78 is 8.88. The van der Waals surface area contributed by atoms with Crippen molar-refractivity contribution in [3.8, 4) is 50.2 Å². The highest BCUT2D eigenvalue weighted by Crippen LogP contribution is 2.51. The first-order valence-electron chi connectivity index (χ1n) is 22.8. The molecule has 10 aromatic carbocycles. The minimum Gasteiger partial charge on any atom is -0.456 e. The van der Waals surface area contributed by atoms with Crippen LogP contribution in [0.5, 0.6) is 0 Å². The van der Waals surface area contributed by atoms with Crippen LogP contribution in [0.2, 0.25) is 0 Å². The predicted molar refractivity (Wildman–Crippen MR) is 277 cm³/mol. The maximum atomic E-state index is 6.48. The minimum atomic E-state index is -0.136. The molecule has 0 amide bonds. The Morgan fingerprint density at radius 3 is 1.76 bits per heavy atom. The van der Waals surface area contributed by atoms with Gasteiger partial charge in [-0.3, -0.25) is 0 Å². The number of aromatic nitrogens is 1. The summed E-state index contributed by atoms with van der Waals surface area (Å²) in [6.45, 7) is 4.70. The first kappa shape index (κ1) is 38.1. The van der Waals surface area contributed by atoms with Gasteiger partial charge < -0.3 is 13.9 Å². The van der Waals surface area contributed by atoms with Gasteiger partial charge in [0.25, 0.3) is 0 Å². The number of anilines is 3. The number of rotatable bonds is 7. The molecule has 312 valence electrons. The Bertz CT molecular complexity index is 3840. The maximum absolute atomic E-state index is 6.48. The Morgan fingerprint density at radius 2 is 0.939 bits per heavy atom. The molecule has 0 N–H and O–H groups in total. The second-order valence-corrected chi connectivity index (χ2v) is 18.1. The van der Waals surface area contributed by atoms with Gasteiger partial charge in [0, 0.05) is 55.8 Å². The van der Waals surface area contributed by atoms with Crippen LogP contribution in [0.4, 0.5) is 17.1 Å². The van der Waals surface area contributed by atoms with E-state index in [1.807, 2.05) is 12.1 Å². The molecule has 2 aromatic heterocycles. The third kappa shape index (κ3) is 5.97. The maximum Gasteiger partial charge on any atom is 0.137 e. The van der Waals surface area contributed by atoms with Crippen LogP contribution in [-0.2, 0) is 5.41 Å². The van der Waals surface area contributed by atoms with Gasteiger partial charge in [-0.2, -0.15) is 0 Å². The Hall–Kier alpha value is -8.40. The van der Waals surface area contributed by atoms with Gasteiger partial charge in [-0.25, -0.2) is 0 Å². The number of benzene rings is 10. The molecule has 66 heavy (non-hydrogen) atoms. The molecule has 0 saturated carbocycles. The molecule has 0 spiro atoms. The lowest BCUT2D eigenvalue weighted by atomic mass is 9.82. The minimum absolute atomic E-state index is 0.136. The fourth-order valence-electron chi connectivity index (χ4n) is 10.8. The molecular weight excluding hydrogens is 801 g/mol. The fraction of sp³-hybridized carbons (Fsp3) is 0.0476. The monoisotopic (exact) mass is 844 g/mol. The zero-order valence-corrected chi connectivity index (χ0v) is 36.7. The third-order valence-corrected chi connectivity index (χ3v) is 14.0. The number of nitrogens with zero attached hydrogens (tertiary/aromatic N) is 2. The summed E-state index contributed by atoms with van der Waals surface area (Å²) in [5.74, 6) is 0. The van der Waals surface area contributed by atoms with E-state index in [9.17, 15) is 0 Å². The van der Waals surface area contributed by atoms with Crippen LogP contribution >= 0.6 is 0 Å². The summed E-state index contributed by atoms with van der Waals surface area (Å²) in [4.78, 5) is 2.38. The summed E-state index contributed by atoms with van der Waals surface area (Å²) in [5.41, 5.74) is 20.8. The van der Waals surface area contributed by atoms with Gasteiger partial charge in [-0.05, 0) is 141 Å². The van der Waals surface area contributed by atoms with E-state index in [1.165, 1.54) is 66.3 Å². The molecule has 0 unspecified atom stereocenters. The fourth-order valence-corrected chi connectivity index (χ4v) is 10.8. The quantitative estimate of drug-likeness (QED) is 0.159. The normalized spacial score (nSPS) is 12.8. The molecule has 2 heterocycles. The van der Waals surface area contributed by atoms with Crippen LogP contribution in [0.3, 0.4) is 0 Å². The molecule has 13 rings (SSSR count). The van der Waals surface area contributed by atoms with Crippen molar-refractivity contribution < 1.29 is 4.42 Å². The predicted octanol–water partition coefficient (Wildman–Crippen LogP) is 17.5. The average Bonchev–Trinajstić information content (AvgIpc) is 3.99. The van der Waals surface area contributed by atoms with Crippen LogP contribution < -0.4 is 4.90 Å². The molecule has 0 aliphatic heterocycles. The first-order chi connectivity index (χ1) is 32.5. The summed E-state index contributed by atoms with van der Waals surface area (Å²) in [7, 11) is 0. The van der Waals surface area contributed by atoms with E-state index in [1.54, 1.807) is 0 Å². The van der Waals surface area contributed by atoms with Gasteiger partial charge in [-0.1, -0.05) is 153 Å². The van der Waals surface area contributed by atoms with Crippen molar-refractivity contribution >= 4 is 60.8 Å². The largest absolute Gasteiger partial charge is 0.456 e. The zero-order chi connectivity index (χ0) is 43.9. The highest BCUT2D eigenvalue weighted by molar-refractivity contribution is 6.16. The number of hydrogen-bond donors (Lipinski definition) is 0. The van der Waals surface area contributed by atoms with Crippen molar-refractivity contribution in [1.29, 1.82) is 0 Å². The van der Waals surface area contributed by atoms with Crippen LogP contribution in [-0.4, -0.2) is 4.57 Å². The molecule has 0 radical (unpaired) electrons. The lowest BCUT2D eigenvalue weighted by Crippen LogP contribution is -2.16. The molecule has 0 fully saturated rings. The number of hydrogen-bond acceptors (Lipinski definition) is 2. The topological polar surface area (TPSA) is 21.3 Å². The van der Waals surface area contributed by atoms with E-state index in [0.29, 0.717) is 0 Å². The van der Waals surface area contributed by atoms with Crippen LogP contribution in [0.15, 0.2) is 235 Å². The Labute approximate surface area is 384 Å². The van der Waals surface area contributed by atoms with Crippen molar-refractivity contribution in [2.75, 3.05) is 4.90 Å². The van der Waals surface area contributed by atoms with E-state index in [2.05, 4.69) is 242 Å². The summed E-state index contributed by atoms with van der Waals surface area (Å²) in [6.07, 6.45) is 0. The van der Waals surface area contributed by atoms with Crippen molar-refractivity contribution in [2.24, 2.45) is 0 Å². The van der Waals surface area contributed by atoms with Gasteiger partial charge in [-0.15, -0.1) is 0 Å². The van der Waals surface area contributed by atoms with Crippen molar-refractivity contribution in [3.63, 3.8) is 0 Å². The van der Waals surface area contributed by atoms with E-state index in [0.717, 1.165) is 55.8 Å². The SMILES string of the molecule is CC1(C)c2ccccc2-c2ccc(N(c3ccc(-c4cc(-c5ccccc5)cc(-c5cccc6c5c5ccccc5n6-c5ccccc5)c4)cc3)c3ccc4c(c3)oc3ccccc34)cc21. The molecule has 1 aliphatic carbocycles. The zero-order valence-electron chi connectivity index (χ0n) is 36.7.